The van der Waals surface area contributed by atoms with Gasteiger partial charge < -0.3 is 14.9 Å². The summed E-state index contributed by atoms with van der Waals surface area (Å²) in [5.41, 5.74) is 1.56. The number of hydrogen-bond donors (Lipinski definition) is 1. The number of aromatic hydroxyl groups is 1. The molecule has 0 atom stereocenters. The number of carbonyl (C=O) groups excluding carboxylic acids is 2. The molecule has 1 aromatic carbocycles. The molecular formula is C18H20N2O3S. The van der Waals surface area contributed by atoms with Crippen LogP contribution in [0.25, 0.3) is 0 Å². The monoisotopic (exact) mass is 344 g/mol. The maximum atomic E-state index is 12.6. The number of amides is 2. The molecule has 1 saturated heterocycles. The number of thiophene rings is 1. The third-order valence-electron chi connectivity index (χ3n) is 4.27. The van der Waals surface area contributed by atoms with Crippen molar-refractivity contribution in [1.82, 2.24) is 9.80 Å². The molecule has 0 bridgehead atoms. The van der Waals surface area contributed by atoms with Gasteiger partial charge in [-0.2, -0.15) is 0 Å². The molecule has 1 fully saturated rings. The van der Waals surface area contributed by atoms with Crippen LogP contribution in [-0.2, 0) is 6.42 Å². The standard InChI is InChI=1S/C18H20N2O3S/c1-2-13-6-11-24-16(13)18(23)20-9-7-19(8-10-20)17(22)14-4-3-5-15(21)12-14/h3-6,11-12,21H,2,7-10H2,1H3. The Hall–Kier alpha value is -2.34. The summed E-state index contributed by atoms with van der Waals surface area (Å²) in [7, 11) is 0. The number of piperazine rings is 1. The smallest absolute Gasteiger partial charge is 0.264 e. The van der Waals surface area contributed by atoms with Crippen LogP contribution >= 0.6 is 11.3 Å². The van der Waals surface area contributed by atoms with E-state index in [9.17, 15) is 14.7 Å². The van der Waals surface area contributed by atoms with E-state index >= 15 is 0 Å². The molecule has 0 unspecified atom stereocenters. The van der Waals surface area contributed by atoms with Crippen LogP contribution in [0.15, 0.2) is 35.7 Å². The largest absolute Gasteiger partial charge is 0.508 e. The summed E-state index contributed by atoms with van der Waals surface area (Å²) < 4.78 is 0. The number of hydrogen-bond acceptors (Lipinski definition) is 4. The number of rotatable bonds is 3. The highest BCUT2D eigenvalue weighted by Crippen LogP contribution is 2.21. The summed E-state index contributed by atoms with van der Waals surface area (Å²) >= 11 is 1.48. The highest BCUT2D eigenvalue weighted by molar-refractivity contribution is 7.12. The summed E-state index contributed by atoms with van der Waals surface area (Å²) in [6.45, 7) is 4.12. The zero-order valence-electron chi connectivity index (χ0n) is 13.6. The quantitative estimate of drug-likeness (QED) is 0.931. The molecule has 24 heavy (non-hydrogen) atoms. The van der Waals surface area contributed by atoms with Crippen molar-refractivity contribution in [2.24, 2.45) is 0 Å². The van der Waals surface area contributed by atoms with Crippen molar-refractivity contribution in [1.29, 1.82) is 0 Å². The molecule has 1 N–H and O–H groups in total. The van der Waals surface area contributed by atoms with Crippen LogP contribution in [0.1, 0.15) is 32.5 Å². The molecule has 0 saturated carbocycles. The average Bonchev–Trinajstić information content (AvgIpc) is 3.09. The Morgan fingerprint density at radius 1 is 1.08 bits per heavy atom. The first-order chi connectivity index (χ1) is 11.6. The number of aryl methyl sites for hydroxylation is 1. The molecule has 5 nitrogen and oxygen atoms in total. The Kier molecular flexibility index (Phi) is 4.85. The van der Waals surface area contributed by atoms with Crippen LogP contribution in [0.3, 0.4) is 0 Å². The first-order valence-corrected chi connectivity index (χ1v) is 8.92. The van der Waals surface area contributed by atoms with Gasteiger partial charge >= 0.3 is 0 Å². The van der Waals surface area contributed by atoms with Gasteiger partial charge in [0.2, 0.25) is 0 Å². The Balaban J connectivity index is 1.63. The Labute approximate surface area is 145 Å². The molecular weight excluding hydrogens is 324 g/mol. The highest BCUT2D eigenvalue weighted by Gasteiger charge is 2.27. The van der Waals surface area contributed by atoms with Gasteiger partial charge in [0.05, 0.1) is 4.88 Å². The fourth-order valence-electron chi connectivity index (χ4n) is 2.88. The van der Waals surface area contributed by atoms with E-state index in [-0.39, 0.29) is 17.6 Å². The molecule has 1 aliphatic heterocycles. The van der Waals surface area contributed by atoms with Crippen molar-refractivity contribution in [3.63, 3.8) is 0 Å². The highest BCUT2D eigenvalue weighted by atomic mass is 32.1. The van der Waals surface area contributed by atoms with Crippen molar-refractivity contribution in [3.8, 4) is 5.75 Å². The summed E-state index contributed by atoms with van der Waals surface area (Å²) in [6, 6.07) is 8.36. The number of benzene rings is 1. The van der Waals surface area contributed by atoms with Gasteiger partial charge in [0.25, 0.3) is 11.8 Å². The SMILES string of the molecule is CCc1ccsc1C(=O)N1CCN(C(=O)c2cccc(O)c2)CC1. The molecule has 6 heteroatoms. The van der Waals surface area contributed by atoms with E-state index in [4.69, 9.17) is 0 Å². The van der Waals surface area contributed by atoms with Gasteiger partial charge in [0.15, 0.2) is 0 Å². The van der Waals surface area contributed by atoms with Crippen molar-refractivity contribution in [2.45, 2.75) is 13.3 Å². The number of phenolic OH excluding ortho intramolecular Hbond substituents is 1. The van der Waals surface area contributed by atoms with Gasteiger partial charge in [0, 0.05) is 31.7 Å². The second-order valence-electron chi connectivity index (χ2n) is 5.76. The molecule has 0 aliphatic carbocycles. The summed E-state index contributed by atoms with van der Waals surface area (Å²) in [4.78, 5) is 29.5. The van der Waals surface area contributed by atoms with Gasteiger partial charge in [-0.1, -0.05) is 13.0 Å². The molecule has 2 amide bonds. The predicted molar refractivity (Wildman–Crippen MR) is 93.6 cm³/mol. The second-order valence-corrected chi connectivity index (χ2v) is 6.68. The number of phenols is 1. The van der Waals surface area contributed by atoms with Crippen LogP contribution in [0.2, 0.25) is 0 Å². The van der Waals surface area contributed by atoms with E-state index in [1.807, 2.05) is 23.3 Å². The van der Waals surface area contributed by atoms with Gasteiger partial charge in [-0.05, 0) is 41.6 Å². The van der Waals surface area contributed by atoms with Crippen LogP contribution in [0.4, 0.5) is 0 Å². The Morgan fingerprint density at radius 2 is 1.75 bits per heavy atom. The predicted octanol–water partition coefficient (Wildman–Crippen LogP) is 2.61. The number of nitrogens with zero attached hydrogens (tertiary/aromatic N) is 2. The molecule has 2 aromatic rings. The van der Waals surface area contributed by atoms with E-state index < -0.39 is 0 Å². The molecule has 1 aliphatic rings. The summed E-state index contributed by atoms with van der Waals surface area (Å²) in [5.74, 6) is 0.0362. The third-order valence-corrected chi connectivity index (χ3v) is 5.21. The molecule has 2 heterocycles. The van der Waals surface area contributed by atoms with E-state index in [2.05, 4.69) is 0 Å². The number of carbonyl (C=O) groups is 2. The van der Waals surface area contributed by atoms with Crippen LogP contribution < -0.4 is 0 Å². The minimum absolute atomic E-state index is 0.0614. The Morgan fingerprint density at radius 3 is 2.38 bits per heavy atom. The zero-order valence-corrected chi connectivity index (χ0v) is 14.4. The van der Waals surface area contributed by atoms with Crippen LogP contribution in [0.5, 0.6) is 5.75 Å². The fraction of sp³-hybridized carbons (Fsp3) is 0.333. The molecule has 1 aromatic heterocycles. The molecule has 0 spiro atoms. The molecule has 0 radical (unpaired) electrons. The van der Waals surface area contributed by atoms with Crippen LogP contribution in [-0.4, -0.2) is 52.9 Å². The topological polar surface area (TPSA) is 60.9 Å². The van der Waals surface area contributed by atoms with E-state index in [1.54, 1.807) is 23.1 Å². The van der Waals surface area contributed by atoms with Crippen molar-refractivity contribution in [2.75, 3.05) is 26.2 Å². The maximum Gasteiger partial charge on any atom is 0.264 e. The summed E-state index contributed by atoms with van der Waals surface area (Å²) in [6.07, 6.45) is 0.848. The lowest BCUT2D eigenvalue weighted by molar-refractivity contribution is 0.0537. The third kappa shape index (κ3) is 3.28. The van der Waals surface area contributed by atoms with Crippen molar-refractivity contribution >= 4 is 23.2 Å². The van der Waals surface area contributed by atoms with E-state index in [0.717, 1.165) is 16.9 Å². The second kappa shape index (κ2) is 7.05. The van der Waals surface area contributed by atoms with Crippen molar-refractivity contribution in [3.05, 3.63) is 51.7 Å². The normalized spacial score (nSPS) is 14.7. The van der Waals surface area contributed by atoms with E-state index in [0.29, 0.717) is 31.7 Å². The first-order valence-electron chi connectivity index (χ1n) is 8.04. The summed E-state index contributed by atoms with van der Waals surface area (Å²) in [5, 5.41) is 11.5. The van der Waals surface area contributed by atoms with Crippen LogP contribution in [0, 0.1) is 0 Å². The fourth-order valence-corrected chi connectivity index (χ4v) is 3.84. The molecule has 126 valence electrons. The lowest BCUT2D eigenvalue weighted by atomic mass is 10.1. The lowest BCUT2D eigenvalue weighted by Crippen LogP contribution is -2.50. The minimum Gasteiger partial charge on any atom is -0.508 e. The first kappa shape index (κ1) is 16.5. The van der Waals surface area contributed by atoms with Gasteiger partial charge in [-0.15, -0.1) is 11.3 Å². The van der Waals surface area contributed by atoms with E-state index in [1.165, 1.54) is 17.4 Å². The molecule has 3 rings (SSSR count). The van der Waals surface area contributed by atoms with Gasteiger partial charge in [-0.25, -0.2) is 0 Å². The Bertz CT molecular complexity index is 748. The zero-order chi connectivity index (χ0) is 17.1. The van der Waals surface area contributed by atoms with Gasteiger partial charge in [-0.3, -0.25) is 9.59 Å². The minimum atomic E-state index is -0.108. The maximum absolute atomic E-state index is 12.6. The van der Waals surface area contributed by atoms with Crippen molar-refractivity contribution < 1.29 is 14.7 Å². The average molecular weight is 344 g/mol. The van der Waals surface area contributed by atoms with Gasteiger partial charge in [0.1, 0.15) is 5.75 Å². The lowest BCUT2D eigenvalue weighted by Gasteiger charge is -2.34.